The highest BCUT2D eigenvalue weighted by molar-refractivity contribution is 7.98. The molecule has 0 heterocycles. The third-order valence-corrected chi connectivity index (χ3v) is 4.83. The van der Waals surface area contributed by atoms with Crippen LogP contribution in [0, 0.1) is 11.3 Å². The van der Waals surface area contributed by atoms with Gasteiger partial charge < -0.3 is 10.1 Å². The molecule has 5 nitrogen and oxygen atoms in total. The molecule has 7 heteroatoms. The van der Waals surface area contributed by atoms with Gasteiger partial charge in [0.2, 0.25) is 0 Å². The molecule has 0 aromatic heterocycles. The van der Waals surface area contributed by atoms with Crippen LogP contribution in [0.5, 0.6) is 0 Å². The van der Waals surface area contributed by atoms with E-state index in [0.717, 1.165) is 17.7 Å². The van der Waals surface area contributed by atoms with Crippen LogP contribution >= 0.6 is 23.4 Å². The topological polar surface area (TPSA) is 79.2 Å². The van der Waals surface area contributed by atoms with Crippen molar-refractivity contribution >= 4 is 35.2 Å². The number of carbonyl (C=O) groups excluding carboxylic acids is 2. The van der Waals surface area contributed by atoms with Crippen molar-refractivity contribution in [2.75, 3.05) is 12.9 Å². The Balaban J connectivity index is 1.94. The fourth-order valence-corrected chi connectivity index (χ4v) is 3.18. The van der Waals surface area contributed by atoms with Crippen LogP contribution in [0.25, 0.3) is 0 Å². The number of hydrogen-bond donors (Lipinski definition) is 1. The monoisotopic (exact) mass is 352 g/mol. The van der Waals surface area contributed by atoms with Crippen molar-refractivity contribution in [1.29, 1.82) is 5.26 Å². The van der Waals surface area contributed by atoms with Gasteiger partial charge in [-0.15, -0.1) is 11.8 Å². The highest BCUT2D eigenvalue weighted by atomic mass is 35.5. The number of nitrogens with zero attached hydrogens (tertiary/aromatic N) is 1. The summed E-state index contributed by atoms with van der Waals surface area (Å²) in [4.78, 5) is 24.9. The molecule has 2 rings (SSSR count). The quantitative estimate of drug-likeness (QED) is 0.650. The van der Waals surface area contributed by atoms with Crippen LogP contribution < -0.4 is 5.32 Å². The number of benzene rings is 1. The van der Waals surface area contributed by atoms with Gasteiger partial charge in [0, 0.05) is 4.90 Å². The zero-order valence-electron chi connectivity index (χ0n) is 12.7. The largest absolute Gasteiger partial charge is 0.452 e. The van der Waals surface area contributed by atoms with Gasteiger partial charge in [-0.25, -0.2) is 4.79 Å². The summed E-state index contributed by atoms with van der Waals surface area (Å²) in [6.45, 7) is -0.428. The highest BCUT2D eigenvalue weighted by Gasteiger charge is 2.35. The summed E-state index contributed by atoms with van der Waals surface area (Å²) in [7, 11) is 0. The summed E-state index contributed by atoms with van der Waals surface area (Å²) in [5, 5.41) is 12.2. The fraction of sp³-hybridized carbons (Fsp3) is 0.438. The molecule has 122 valence electrons. The third-order valence-electron chi connectivity index (χ3n) is 3.78. The van der Waals surface area contributed by atoms with E-state index in [0.29, 0.717) is 12.8 Å². The predicted molar refractivity (Wildman–Crippen MR) is 88.5 cm³/mol. The second-order valence-electron chi connectivity index (χ2n) is 5.37. The van der Waals surface area contributed by atoms with Gasteiger partial charge in [-0.05, 0) is 50.1 Å². The van der Waals surface area contributed by atoms with Crippen molar-refractivity contribution in [3.05, 3.63) is 28.8 Å². The maximum absolute atomic E-state index is 12.1. The summed E-state index contributed by atoms with van der Waals surface area (Å²) in [6, 6.07) is 7.20. The maximum atomic E-state index is 12.1. The van der Waals surface area contributed by atoms with Crippen molar-refractivity contribution in [2.24, 2.45) is 0 Å². The SMILES string of the molecule is CSc1ccc(Cl)c(C(=O)OCC(=O)NC2(C#N)CCCC2)c1. The molecule has 0 saturated heterocycles. The van der Waals surface area contributed by atoms with E-state index in [-0.39, 0.29) is 10.6 Å². The molecule has 0 spiro atoms. The Hall–Kier alpha value is -1.71. The van der Waals surface area contributed by atoms with E-state index in [1.54, 1.807) is 18.2 Å². The number of nitriles is 1. The Morgan fingerprint density at radius 3 is 2.74 bits per heavy atom. The molecule has 1 aliphatic rings. The Kier molecular flexibility index (Phi) is 5.91. The van der Waals surface area contributed by atoms with Crippen LogP contribution in [0.4, 0.5) is 0 Å². The lowest BCUT2D eigenvalue weighted by Gasteiger charge is -2.21. The molecule has 1 saturated carbocycles. The molecule has 0 unspecified atom stereocenters. The van der Waals surface area contributed by atoms with E-state index in [1.165, 1.54) is 11.8 Å². The molecule has 1 amide bonds. The summed E-state index contributed by atoms with van der Waals surface area (Å²) in [6.07, 6.45) is 4.96. The number of ether oxygens (including phenoxy) is 1. The molecule has 23 heavy (non-hydrogen) atoms. The van der Waals surface area contributed by atoms with Crippen molar-refractivity contribution in [2.45, 2.75) is 36.1 Å². The zero-order valence-corrected chi connectivity index (χ0v) is 14.3. The molecule has 1 aromatic rings. The van der Waals surface area contributed by atoms with E-state index < -0.39 is 24.0 Å². The lowest BCUT2D eigenvalue weighted by molar-refractivity contribution is -0.125. The molecule has 0 atom stereocenters. The number of carbonyl (C=O) groups is 2. The summed E-state index contributed by atoms with van der Waals surface area (Å²) in [5.41, 5.74) is -0.595. The van der Waals surface area contributed by atoms with E-state index in [9.17, 15) is 14.9 Å². The average molecular weight is 353 g/mol. The van der Waals surface area contributed by atoms with E-state index >= 15 is 0 Å². The molecular weight excluding hydrogens is 336 g/mol. The first-order chi connectivity index (χ1) is 11.0. The maximum Gasteiger partial charge on any atom is 0.340 e. The van der Waals surface area contributed by atoms with Gasteiger partial charge in [-0.3, -0.25) is 4.79 Å². The predicted octanol–water partition coefficient (Wildman–Crippen LogP) is 3.17. The molecule has 1 aromatic carbocycles. The van der Waals surface area contributed by atoms with Gasteiger partial charge in [-0.2, -0.15) is 5.26 Å². The second-order valence-corrected chi connectivity index (χ2v) is 6.66. The van der Waals surface area contributed by atoms with E-state index in [2.05, 4.69) is 11.4 Å². The Bertz CT molecular complexity index is 651. The van der Waals surface area contributed by atoms with Crippen LogP contribution in [0.2, 0.25) is 5.02 Å². The Labute approximate surface area is 144 Å². The minimum atomic E-state index is -0.820. The van der Waals surface area contributed by atoms with Crippen LogP contribution in [0.3, 0.4) is 0 Å². The van der Waals surface area contributed by atoms with Gasteiger partial charge >= 0.3 is 5.97 Å². The van der Waals surface area contributed by atoms with Crippen LogP contribution in [-0.2, 0) is 9.53 Å². The first kappa shape index (κ1) is 17.6. The number of thioether (sulfide) groups is 1. The second kappa shape index (κ2) is 7.71. The molecule has 1 aliphatic carbocycles. The van der Waals surface area contributed by atoms with Crippen LogP contribution in [0.15, 0.2) is 23.1 Å². The Morgan fingerprint density at radius 2 is 2.13 bits per heavy atom. The van der Waals surface area contributed by atoms with Gasteiger partial charge in [0.05, 0.1) is 16.7 Å². The fourth-order valence-electron chi connectivity index (χ4n) is 2.54. The number of halogens is 1. The highest BCUT2D eigenvalue weighted by Crippen LogP contribution is 2.28. The Morgan fingerprint density at radius 1 is 1.43 bits per heavy atom. The van der Waals surface area contributed by atoms with Crippen LogP contribution in [-0.4, -0.2) is 30.3 Å². The molecule has 1 fully saturated rings. The first-order valence-electron chi connectivity index (χ1n) is 7.22. The standard InChI is InChI=1S/C16H17ClN2O3S/c1-23-11-4-5-13(17)12(8-11)15(21)22-9-14(20)19-16(10-18)6-2-3-7-16/h4-5,8H,2-3,6-7,9H2,1H3,(H,19,20). The number of amides is 1. The summed E-state index contributed by atoms with van der Waals surface area (Å²) >= 11 is 7.47. The molecular formula is C16H17ClN2O3S. The van der Waals surface area contributed by atoms with Gasteiger partial charge in [0.25, 0.3) is 5.91 Å². The minimum absolute atomic E-state index is 0.224. The summed E-state index contributed by atoms with van der Waals surface area (Å²) in [5.74, 6) is -1.13. The number of esters is 1. The van der Waals surface area contributed by atoms with Crippen molar-refractivity contribution in [1.82, 2.24) is 5.32 Å². The molecule has 0 radical (unpaired) electrons. The lowest BCUT2D eigenvalue weighted by Crippen LogP contribution is -2.46. The normalized spacial score (nSPS) is 15.7. The van der Waals surface area contributed by atoms with Gasteiger partial charge in [-0.1, -0.05) is 11.6 Å². The lowest BCUT2D eigenvalue weighted by atomic mass is 10.00. The number of hydrogen-bond acceptors (Lipinski definition) is 5. The van der Waals surface area contributed by atoms with Crippen molar-refractivity contribution in [3.8, 4) is 6.07 Å². The minimum Gasteiger partial charge on any atom is -0.452 e. The van der Waals surface area contributed by atoms with E-state index in [1.807, 2.05) is 6.26 Å². The van der Waals surface area contributed by atoms with Crippen LogP contribution in [0.1, 0.15) is 36.0 Å². The molecule has 0 aliphatic heterocycles. The van der Waals surface area contributed by atoms with E-state index in [4.69, 9.17) is 16.3 Å². The van der Waals surface area contributed by atoms with Gasteiger partial charge in [0.1, 0.15) is 5.54 Å². The first-order valence-corrected chi connectivity index (χ1v) is 8.83. The van der Waals surface area contributed by atoms with Crippen molar-refractivity contribution < 1.29 is 14.3 Å². The van der Waals surface area contributed by atoms with Crippen molar-refractivity contribution in [3.63, 3.8) is 0 Å². The zero-order chi connectivity index (χ0) is 16.9. The third kappa shape index (κ3) is 4.40. The number of nitrogens with one attached hydrogen (secondary N) is 1. The molecule has 1 N–H and O–H groups in total. The summed E-state index contributed by atoms with van der Waals surface area (Å²) < 4.78 is 5.02. The number of rotatable bonds is 5. The average Bonchev–Trinajstić information content (AvgIpc) is 3.02. The molecule has 0 bridgehead atoms. The smallest absolute Gasteiger partial charge is 0.340 e. The van der Waals surface area contributed by atoms with Gasteiger partial charge in [0.15, 0.2) is 6.61 Å².